The second-order valence-electron chi connectivity index (χ2n) is 16.7. The number of nitrogens with two attached hydrogens (primary N) is 1. The van der Waals surface area contributed by atoms with Crippen molar-refractivity contribution < 1.29 is 51.1 Å². The van der Waals surface area contributed by atoms with Gasteiger partial charge >= 0.3 is 64.9 Å². The first kappa shape index (κ1) is 58.2. The van der Waals surface area contributed by atoms with E-state index in [1.54, 1.807) is 6.07 Å². The summed E-state index contributed by atoms with van der Waals surface area (Å²) < 4.78 is 27.7. The zero-order valence-electron chi connectivity index (χ0n) is 38.1. The summed E-state index contributed by atoms with van der Waals surface area (Å²) in [6, 6.07) is 12.6. The van der Waals surface area contributed by atoms with Crippen LogP contribution < -0.4 is 16.9 Å². The summed E-state index contributed by atoms with van der Waals surface area (Å²) >= 11 is 7.39. The van der Waals surface area contributed by atoms with Gasteiger partial charge in [0.1, 0.15) is 17.5 Å². The van der Waals surface area contributed by atoms with Crippen LogP contribution in [0.2, 0.25) is 0 Å². The average molecular weight is 1470 g/mol. The first-order valence-corrected chi connectivity index (χ1v) is 36.0. The van der Waals surface area contributed by atoms with E-state index in [-0.39, 0.29) is 78.5 Å². The minimum Gasteiger partial charge on any atom is 0 e. The van der Waals surface area contributed by atoms with E-state index in [2.05, 4.69) is 100 Å². The van der Waals surface area contributed by atoms with Gasteiger partial charge < -0.3 is 26.6 Å². The topological polar surface area (TPSA) is 151 Å². The van der Waals surface area contributed by atoms with Crippen LogP contribution >= 0.6 is 83.9 Å². The van der Waals surface area contributed by atoms with Crippen molar-refractivity contribution in [3.63, 3.8) is 0 Å². The number of halogens is 5. The summed E-state index contributed by atoms with van der Waals surface area (Å²) in [6.07, 6.45) is 12.8. The molecule has 7 heterocycles. The molecule has 1 radical (unpaired) electrons. The fourth-order valence-corrected chi connectivity index (χ4v) is 9.07. The van der Waals surface area contributed by atoms with Crippen LogP contribution in [0.15, 0.2) is 61.1 Å². The second-order valence-corrected chi connectivity index (χ2v) is 52.0. The number of likely N-dealkylation sites (tertiary alicyclic amines) is 1. The molecular formula is C47H61FI4N8O4VY-. The Labute approximate surface area is 467 Å². The van der Waals surface area contributed by atoms with Gasteiger partial charge in [-0.3, -0.25) is 18.7 Å². The molecule has 6 aromatic rings. The summed E-state index contributed by atoms with van der Waals surface area (Å²) in [5, 5.41) is 10.5. The van der Waals surface area contributed by atoms with Gasteiger partial charge in [0, 0.05) is 110 Å². The molecule has 1 fully saturated rings. The number of benzene rings is 2. The summed E-state index contributed by atoms with van der Waals surface area (Å²) in [4.78, 5) is 36.4. The Morgan fingerprint density at radius 1 is 0.833 bits per heavy atom. The number of para-hydroxylation sites is 1. The molecule has 3 aliphatic heterocycles. The van der Waals surface area contributed by atoms with Crippen molar-refractivity contribution in [1.29, 1.82) is 0 Å². The zero-order valence-corrected chi connectivity index (χ0v) is 51.2. The van der Waals surface area contributed by atoms with Crippen molar-refractivity contribution in [3.8, 4) is 0 Å². The molecule has 3 aliphatic rings. The number of rotatable bonds is 10. The van der Waals surface area contributed by atoms with E-state index >= 15 is 0 Å². The summed E-state index contributed by atoms with van der Waals surface area (Å²) in [7, 11) is 0. The smallest absolute Gasteiger partial charge is 0 e. The van der Waals surface area contributed by atoms with Gasteiger partial charge in [-0.05, 0) is 121 Å². The number of hydrogen-bond donors (Lipinski definition) is 1. The Morgan fingerprint density at radius 3 is 1.98 bits per heavy atom. The number of aromatic nitrogens is 6. The molecule has 0 spiro atoms. The summed E-state index contributed by atoms with van der Waals surface area (Å²) in [5.41, 5.74) is 12.6. The third kappa shape index (κ3) is 15.5. The molecule has 0 bridgehead atoms. The Balaban J connectivity index is 0.000000224. The fourth-order valence-electron chi connectivity index (χ4n) is 9.07. The molecular weight excluding hydrogens is 1410 g/mol. The van der Waals surface area contributed by atoms with Crippen LogP contribution in [0, 0.1) is 26.6 Å². The van der Waals surface area contributed by atoms with Crippen molar-refractivity contribution in [2.75, 3.05) is 26.2 Å². The molecule has 357 valence electrons. The molecule has 0 saturated carbocycles. The SMILES string of the molecule is Cc1nc2n(c(=O)c1CCN)CCCC2.Cc1nc2n(c(=O)c1CCN1CCC(c3noc4cc(F)ccc34)CC1)CCCC2.I.[CH2-]CC(CCC)c1noc2ccccc12.[I][V]([I])[I].[Y]. The van der Waals surface area contributed by atoms with Crippen molar-refractivity contribution in [2.45, 2.75) is 129 Å². The van der Waals surface area contributed by atoms with E-state index in [1.165, 1.54) is 12.1 Å². The first-order chi connectivity index (χ1) is 30.9. The molecule has 4 aromatic heterocycles. The molecule has 0 aliphatic carbocycles. The summed E-state index contributed by atoms with van der Waals surface area (Å²) in [6.45, 7) is 15.0. The number of hydrogen-bond acceptors (Lipinski definition) is 10. The fraction of sp³-hybridized carbons (Fsp3) is 0.511. The standard InChI is InChI=1S/C23H27FN4O2.C13H16NO.C11H17N3O.4HI.V.Y/c1-15-18(23(29)28-10-3-2-4-21(28)25-15)9-13-27-11-7-16(8-12-27)22-19-6-5-17(24)14-20(19)30-26-22;1-3-7-10(4-2)13-11-8-5-6-9-12(11)15-14-13;1-8-9(5-6-12)11(15)14-7-3-2-4-10(14)13-8;;;;;;/h5-6,14,16H,2-4,7-13H2,1H3;5-6,8-10H,2-4,7H2,1H3;2-7,12H2,1H3;4*1H;;/q;-1;;;;;;+3;/p-3. The van der Waals surface area contributed by atoms with Gasteiger partial charge in [0.05, 0.1) is 11.4 Å². The summed E-state index contributed by atoms with van der Waals surface area (Å²) in [5.74, 6) is 2.35. The van der Waals surface area contributed by atoms with Crippen LogP contribution in [0.5, 0.6) is 0 Å². The number of nitrogens with zero attached hydrogens (tertiary/aromatic N) is 7. The maximum atomic E-state index is 13.4. The molecule has 19 heteroatoms. The monoisotopic (exact) mass is 1470 g/mol. The maximum Gasteiger partial charge on any atom is 0 e. The maximum absolute atomic E-state index is 13.4. The number of fused-ring (bicyclic) bond motifs is 4. The van der Waals surface area contributed by atoms with Gasteiger partial charge in [0.15, 0.2) is 11.2 Å². The van der Waals surface area contributed by atoms with Crippen LogP contribution in [0.1, 0.15) is 122 Å². The Bertz CT molecular complexity index is 2580. The molecule has 1 unspecified atom stereocenters. The molecule has 0 amide bonds. The van der Waals surface area contributed by atoms with Crippen molar-refractivity contribution in [1.82, 2.24) is 34.3 Å². The average Bonchev–Trinajstić information content (AvgIpc) is 3.92. The molecule has 1 atom stereocenters. The molecule has 2 N–H and O–H groups in total. The van der Waals surface area contributed by atoms with Gasteiger partial charge in [-0.2, -0.15) is 6.42 Å². The molecule has 2 aromatic carbocycles. The predicted octanol–water partition coefficient (Wildman–Crippen LogP) is 11.2. The Hall–Kier alpha value is -0.402. The van der Waals surface area contributed by atoms with Crippen LogP contribution in [0.4, 0.5) is 4.39 Å². The normalized spacial score (nSPS) is 15.2. The van der Waals surface area contributed by atoms with Crippen LogP contribution in [-0.4, -0.2) is 60.5 Å². The minimum atomic E-state index is -0.303. The molecule has 9 rings (SSSR count). The quantitative estimate of drug-likeness (QED) is 0.104. The van der Waals surface area contributed by atoms with Crippen LogP contribution in [0.3, 0.4) is 0 Å². The van der Waals surface area contributed by atoms with Crippen LogP contribution in [0.25, 0.3) is 21.9 Å². The third-order valence-corrected chi connectivity index (χ3v) is 12.4. The minimum absolute atomic E-state index is 0. The largest absolute Gasteiger partial charge is 0 e. The second kappa shape index (κ2) is 29.2. The molecule has 12 nitrogen and oxygen atoms in total. The molecule has 1 saturated heterocycles. The van der Waals surface area contributed by atoms with Gasteiger partial charge in [-0.15, -0.1) is 24.0 Å². The van der Waals surface area contributed by atoms with Gasteiger partial charge in [-0.1, -0.05) is 35.8 Å². The van der Waals surface area contributed by atoms with E-state index in [1.807, 2.05) is 41.2 Å². The van der Waals surface area contributed by atoms with E-state index < -0.39 is 0 Å². The zero-order chi connectivity index (χ0) is 45.8. The number of piperidine rings is 1. The van der Waals surface area contributed by atoms with Gasteiger partial charge in [0.25, 0.3) is 11.1 Å². The van der Waals surface area contributed by atoms with Crippen molar-refractivity contribution >= 4 is 106 Å². The van der Waals surface area contributed by atoms with E-state index in [9.17, 15) is 14.0 Å². The van der Waals surface area contributed by atoms with E-state index in [0.29, 0.717) is 30.4 Å². The number of aryl methyl sites for hydroxylation is 4. The van der Waals surface area contributed by atoms with E-state index in [0.717, 1.165) is 172 Å². The third-order valence-electron chi connectivity index (χ3n) is 12.4. The Kier molecular flexibility index (Phi) is 25.7. The van der Waals surface area contributed by atoms with Gasteiger partial charge in [0.2, 0.25) is 0 Å². The van der Waals surface area contributed by atoms with Crippen LogP contribution in [-0.2, 0) is 76.4 Å². The van der Waals surface area contributed by atoms with E-state index in [4.69, 9.17) is 19.8 Å². The van der Waals surface area contributed by atoms with Gasteiger partial charge in [-0.25, -0.2) is 14.4 Å². The van der Waals surface area contributed by atoms with Crippen molar-refractivity contribution in [2.24, 2.45) is 5.73 Å². The predicted molar refractivity (Wildman–Crippen MR) is 290 cm³/mol. The molecule has 66 heavy (non-hydrogen) atoms. The first-order valence-electron chi connectivity index (χ1n) is 22.5. The Morgan fingerprint density at radius 2 is 1.41 bits per heavy atom. The van der Waals surface area contributed by atoms with Crippen molar-refractivity contribution in [3.05, 3.63) is 121 Å².